The van der Waals surface area contributed by atoms with E-state index in [1.807, 2.05) is 0 Å². The highest BCUT2D eigenvalue weighted by Crippen LogP contribution is 2.58. The fraction of sp³-hybridized carbons (Fsp3) is 0.872. The highest BCUT2D eigenvalue weighted by Gasteiger charge is 2.53. The molecule has 0 aromatic carbocycles. The summed E-state index contributed by atoms with van der Waals surface area (Å²) in [5, 5.41) is 0.355. The fourth-order valence-electron chi connectivity index (χ4n) is 7.86. The zero-order valence-corrected chi connectivity index (χ0v) is 36.6. The van der Waals surface area contributed by atoms with E-state index in [0.717, 1.165) is 57.8 Å². The second-order valence-corrected chi connectivity index (χ2v) is 34.1. The molecule has 3 aliphatic rings. The van der Waals surface area contributed by atoms with E-state index >= 15 is 0 Å². The summed E-state index contributed by atoms with van der Waals surface area (Å²) in [5.41, 5.74) is 2.68. The van der Waals surface area contributed by atoms with Crippen molar-refractivity contribution in [3.8, 4) is 0 Å². The van der Waals surface area contributed by atoms with Gasteiger partial charge < -0.3 is 18.0 Å². The second-order valence-electron chi connectivity index (χ2n) is 20.1. The molecule has 0 amide bonds. The van der Waals surface area contributed by atoms with Crippen molar-refractivity contribution in [1.29, 1.82) is 0 Å². The predicted molar refractivity (Wildman–Crippen MR) is 206 cm³/mol. The Bertz CT molecular complexity index is 1110. The molecule has 0 aromatic rings. The van der Waals surface area contributed by atoms with Crippen molar-refractivity contribution in [2.24, 2.45) is 17.3 Å². The standard InChI is InChI=1S/C39H74O5Si3/c1-36(2,3)46(13,14)42-31-26-29(27-32(28-31)43-47(15,16)37(4,5)6)19-20-30-18-17-23-39(9)33(30)21-22-34(39)35(40)41-25-24-38(7,8)44-45(10,11)12/h19-20,31-34H,17-18,21-28H2,1-16H3/b30-20+/t31-,32-,33+,34-,39+/m1/s1. The third-order valence-corrected chi connectivity index (χ3v) is 22.6. The topological polar surface area (TPSA) is 54.0 Å². The highest BCUT2D eigenvalue weighted by atomic mass is 28.4. The van der Waals surface area contributed by atoms with Gasteiger partial charge in [-0.05, 0) is 132 Å². The Kier molecular flexibility index (Phi) is 12.7. The Labute approximate surface area is 293 Å². The molecule has 0 aliphatic heterocycles. The molecule has 0 spiro atoms. The Balaban J connectivity index is 1.77. The molecule has 3 aliphatic carbocycles. The van der Waals surface area contributed by atoms with Gasteiger partial charge in [-0.2, -0.15) is 0 Å². The van der Waals surface area contributed by atoms with Crippen LogP contribution in [0.4, 0.5) is 0 Å². The fourth-order valence-corrected chi connectivity index (χ4v) is 12.4. The Morgan fingerprint density at radius 3 is 1.85 bits per heavy atom. The lowest BCUT2D eigenvalue weighted by Crippen LogP contribution is -2.48. The van der Waals surface area contributed by atoms with Gasteiger partial charge in [-0.1, -0.05) is 71.8 Å². The van der Waals surface area contributed by atoms with E-state index in [0.29, 0.717) is 12.5 Å². The van der Waals surface area contributed by atoms with E-state index in [1.165, 1.54) is 11.1 Å². The molecule has 0 aromatic heterocycles. The summed E-state index contributed by atoms with van der Waals surface area (Å²) in [7, 11) is -5.50. The van der Waals surface area contributed by atoms with Crippen molar-refractivity contribution in [2.45, 2.75) is 194 Å². The van der Waals surface area contributed by atoms with E-state index in [4.69, 9.17) is 18.0 Å². The van der Waals surface area contributed by atoms with Crippen LogP contribution < -0.4 is 0 Å². The van der Waals surface area contributed by atoms with Gasteiger partial charge in [0, 0.05) is 6.42 Å². The molecular weight excluding hydrogens is 633 g/mol. The smallest absolute Gasteiger partial charge is 0.309 e. The van der Waals surface area contributed by atoms with Crippen LogP contribution in [-0.2, 0) is 22.8 Å². The van der Waals surface area contributed by atoms with Crippen LogP contribution in [0.3, 0.4) is 0 Å². The van der Waals surface area contributed by atoms with Gasteiger partial charge in [-0.25, -0.2) is 0 Å². The number of allylic oxidation sites excluding steroid dienone is 3. The van der Waals surface area contributed by atoms with Gasteiger partial charge in [-0.3, -0.25) is 4.79 Å². The SMILES string of the molecule is CC(C)(CCOC(=O)[C@H]1CC[C@H]2/C(=C/C=C3C[C@@H](O[Si](C)(C)C(C)(C)C)C[C@H](O[Si](C)(C)C(C)(C)C)C3)CCC[C@]12C)O[Si](C)(C)C. The van der Waals surface area contributed by atoms with Gasteiger partial charge in [0.25, 0.3) is 0 Å². The van der Waals surface area contributed by atoms with Gasteiger partial charge in [0.1, 0.15) is 0 Å². The maximum absolute atomic E-state index is 13.5. The monoisotopic (exact) mass is 706 g/mol. The molecule has 0 bridgehead atoms. The summed E-state index contributed by atoms with van der Waals surface area (Å²) in [6.07, 6.45) is 14.3. The summed E-state index contributed by atoms with van der Waals surface area (Å²) in [5.74, 6) is 0.422. The normalized spacial score (nSPS) is 29.2. The van der Waals surface area contributed by atoms with Gasteiger partial charge in [-0.15, -0.1) is 0 Å². The summed E-state index contributed by atoms with van der Waals surface area (Å²) < 4.78 is 26.4. The number of carbonyl (C=O) groups is 1. The number of esters is 1. The van der Waals surface area contributed by atoms with E-state index < -0.39 is 25.0 Å². The van der Waals surface area contributed by atoms with Crippen LogP contribution in [0.15, 0.2) is 23.3 Å². The minimum atomic E-state index is -1.92. The summed E-state index contributed by atoms with van der Waals surface area (Å²) in [4.78, 5) is 13.5. The highest BCUT2D eigenvalue weighted by molar-refractivity contribution is 6.74. The predicted octanol–water partition coefficient (Wildman–Crippen LogP) is 11.6. The first-order valence-electron chi connectivity index (χ1n) is 18.8. The first kappa shape index (κ1) is 40.9. The average Bonchev–Trinajstić information content (AvgIpc) is 3.21. The minimum absolute atomic E-state index is 0.00179. The van der Waals surface area contributed by atoms with Crippen molar-refractivity contribution in [3.05, 3.63) is 23.3 Å². The molecule has 272 valence electrons. The molecule has 3 fully saturated rings. The first-order valence-corrected chi connectivity index (χ1v) is 28.0. The molecule has 8 heteroatoms. The Hall–Kier alpha value is -0.519. The number of ether oxygens (including phenoxy) is 1. The van der Waals surface area contributed by atoms with Crippen LogP contribution in [0.25, 0.3) is 0 Å². The van der Waals surface area contributed by atoms with Gasteiger partial charge >= 0.3 is 5.97 Å². The maximum Gasteiger partial charge on any atom is 0.309 e. The van der Waals surface area contributed by atoms with Crippen molar-refractivity contribution >= 4 is 30.9 Å². The molecule has 5 nitrogen and oxygen atoms in total. The molecule has 47 heavy (non-hydrogen) atoms. The molecule has 0 heterocycles. The molecule has 5 atom stereocenters. The quantitative estimate of drug-likeness (QED) is 0.158. The summed E-state index contributed by atoms with van der Waals surface area (Å²) in [6, 6.07) is 0. The molecule has 0 N–H and O–H groups in total. The van der Waals surface area contributed by atoms with Crippen LogP contribution >= 0.6 is 0 Å². The third-order valence-electron chi connectivity index (χ3n) is 12.4. The van der Waals surface area contributed by atoms with Crippen LogP contribution in [0.1, 0.15) is 120 Å². The molecule has 3 rings (SSSR count). The second kappa shape index (κ2) is 14.6. The summed E-state index contributed by atoms with van der Waals surface area (Å²) >= 11 is 0. The lowest BCUT2D eigenvalue weighted by molar-refractivity contribution is -0.154. The molecule has 0 radical (unpaired) electrons. The number of hydrogen-bond acceptors (Lipinski definition) is 5. The van der Waals surface area contributed by atoms with Gasteiger partial charge in [0.05, 0.1) is 30.3 Å². The van der Waals surface area contributed by atoms with E-state index in [1.54, 1.807) is 0 Å². The van der Waals surface area contributed by atoms with Crippen molar-refractivity contribution in [2.75, 3.05) is 6.61 Å². The van der Waals surface area contributed by atoms with Crippen molar-refractivity contribution in [1.82, 2.24) is 0 Å². The van der Waals surface area contributed by atoms with Crippen molar-refractivity contribution in [3.63, 3.8) is 0 Å². The molecule has 0 saturated heterocycles. The average molecular weight is 707 g/mol. The van der Waals surface area contributed by atoms with E-state index in [9.17, 15) is 4.79 Å². The number of hydrogen-bond donors (Lipinski definition) is 0. The van der Waals surface area contributed by atoms with Crippen LogP contribution in [-0.4, -0.2) is 55.3 Å². The number of carbonyl (C=O) groups excluding carboxylic acids is 1. The van der Waals surface area contributed by atoms with Crippen LogP contribution in [0.2, 0.25) is 55.9 Å². The van der Waals surface area contributed by atoms with Crippen molar-refractivity contribution < 1.29 is 22.8 Å². The first-order chi connectivity index (χ1) is 21.2. The minimum Gasteiger partial charge on any atom is -0.465 e. The van der Waals surface area contributed by atoms with E-state index in [-0.39, 0.29) is 45.2 Å². The molecular formula is C39H74O5Si3. The zero-order chi connectivity index (χ0) is 35.9. The van der Waals surface area contributed by atoms with Crippen LogP contribution in [0.5, 0.6) is 0 Å². The number of fused-ring (bicyclic) bond motifs is 1. The lowest BCUT2D eigenvalue weighted by Gasteiger charge is -2.45. The Morgan fingerprint density at radius 1 is 0.830 bits per heavy atom. The molecule has 0 unspecified atom stereocenters. The largest absolute Gasteiger partial charge is 0.465 e. The molecule has 3 saturated carbocycles. The maximum atomic E-state index is 13.5. The Morgan fingerprint density at radius 2 is 1.36 bits per heavy atom. The van der Waals surface area contributed by atoms with Gasteiger partial charge in [0.2, 0.25) is 0 Å². The third kappa shape index (κ3) is 10.7. The van der Waals surface area contributed by atoms with E-state index in [2.05, 4.69) is 120 Å². The van der Waals surface area contributed by atoms with Crippen LogP contribution in [0, 0.1) is 17.3 Å². The summed E-state index contributed by atoms with van der Waals surface area (Å²) in [6.45, 7) is 37.2. The van der Waals surface area contributed by atoms with Gasteiger partial charge in [0.15, 0.2) is 25.0 Å². The lowest BCUT2D eigenvalue weighted by atomic mass is 9.63. The zero-order valence-electron chi connectivity index (χ0n) is 33.6. The number of rotatable bonds is 11.